The van der Waals surface area contributed by atoms with Crippen molar-refractivity contribution in [2.45, 2.75) is 20.4 Å². The molecule has 2 aromatic rings. The minimum absolute atomic E-state index is 0.277. The van der Waals surface area contributed by atoms with Crippen LogP contribution in [0.5, 0.6) is 0 Å². The first kappa shape index (κ1) is 14.1. The molecular formula is C16H17FN2O. The standard InChI is InChI=1S/C16H17FN2O/c1-11-3-8-15(12(2)9-11)19-16(20)18-10-13-4-6-14(17)7-5-13/h3-9H,10H2,1-2H3,(H2,18,19,20). The van der Waals surface area contributed by atoms with Gasteiger partial charge in [0.2, 0.25) is 0 Å². The Balaban J connectivity index is 1.90. The summed E-state index contributed by atoms with van der Waals surface area (Å²) in [5.41, 5.74) is 3.80. The van der Waals surface area contributed by atoms with Crippen LogP contribution in [-0.4, -0.2) is 6.03 Å². The molecule has 0 spiro atoms. The van der Waals surface area contributed by atoms with Crippen molar-refractivity contribution in [1.82, 2.24) is 5.32 Å². The number of hydrogen-bond acceptors (Lipinski definition) is 1. The SMILES string of the molecule is Cc1ccc(NC(=O)NCc2ccc(F)cc2)c(C)c1. The summed E-state index contributed by atoms with van der Waals surface area (Å²) in [5.74, 6) is -0.284. The third-order valence-electron chi connectivity index (χ3n) is 3.00. The van der Waals surface area contributed by atoms with Crippen molar-refractivity contribution in [3.05, 3.63) is 65.0 Å². The molecule has 0 atom stereocenters. The molecular weight excluding hydrogens is 255 g/mol. The molecule has 0 aliphatic heterocycles. The average Bonchev–Trinajstić information content (AvgIpc) is 2.41. The average molecular weight is 272 g/mol. The molecule has 2 N–H and O–H groups in total. The summed E-state index contributed by atoms with van der Waals surface area (Å²) in [6.45, 7) is 4.31. The quantitative estimate of drug-likeness (QED) is 0.877. The van der Waals surface area contributed by atoms with Gasteiger partial charge in [-0.3, -0.25) is 0 Å². The number of aryl methyl sites for hydroxylation is 2. The topological polar surface area (TPSA) is 41.1 Å². The van der Waals surface area contributed by atoms with Crippen LogP contribution >= 0.6 is 0 Å². The maximum absolute atomic E-state index is 12.8. The second-order valence-corrected chi connectivity index (χ2v) is 4.75. The number of benzene rings is 2. The van der Waals surface area contributed by atoms with E-state index in [4.69, 9.17) is 0 Å². The van der Waals surface area contributed by atoms with Gasteiger partial charge in [-0.15, -0.1) is 0 Å². The Bertz CT molecular complexity index is 608. The molecule has 0 saturated heterocycles. The zero-order valence-corrected chi connectivity index (χ0v) is 11.5. The summed E-state index contributed by atoms with van der Waals surface area (Å²) in [5, 5.41) is 5.53. The van der Waals surface area contributed by atoms with Gasteiger partial charge in [0, 0.05) is 12.2 Å². The molecule has 0 saturated carbocycles. The number of carbonyl (C=O) groups is 1. The largest absolute Gasteiger partial charge is 0.334 e. The van der Waals surface area contributed by atoms with E-state index < -0.39 is 0 Å². The summed E-state index contributed by atoms with van der Waals surface area (Å²) >= 11 is 0. The van der Waals surface area contributed by atoms with Crippen molar-refractivity contribution in [1.29, 1.82) is 0 Å². The number of rotatable bonds is 3. The third kappa shape index (κ3) is 3.82. The molecule has 0 radical (unpaired) electrons. The normalized spacial score (nSPS) is 10.2. The van der Waals surface area contributed by atoms with Gasteiger partial charge in [-0.2, -0.15) is 0 Å². The number of nitrogens with one attached hydrogen (secondary N) is 2. The molecule has 104 valence electrons. The molecule has 0 fully saturated rings. The van der Waals surface area contributed by atoms with Crippen molar-refractivity contribution in [3.8, 4) is 0 Å². The Morgan fingerprint density at radius 2 is 1.80 bits per heavy atom. The van der Waals surface area contributed by atoms with Gasteiger partial charge >= 0.3 is 6.03 Å². The fraction of sp³-hybridized carbons (Fsp3) is 0.188. The molecule has 0 bridgehead atoms. The number of hydrogen-bond donors (Lipinski definition) is 2. The van der Waals surface area contributed by atoms with Gasteiger partial charge in [0.1, 0.15) is 5.82 Å². The molecule has 2 aromatic carbocycles. The second kappa shape index (κ2) is 6.19. The first-order valence-corrected chi connectivity index (χ1v) is 6.41. The molecule has 0 aromatic heterocycles. The zero-order valence-electron chi connectivity index (χ0n) is 11.5. The number of urea groups is 1. The van der Waals surface area contributed by atoms with Crippen LogP contribution in [-0.2, 0) is 6.54 Å². The monoisotopic (exact) mass is 272 g/mol. The summed E-state index contributed by atoms with van der Waals surface area (Å²) in [6.07, 6.45) is 0. The van der Waals surface area contributed by atoms with Crippen molar-refractivity contribution in [2.24, 2.45) is 0 Å². The molecule has 2 amide bonds. The Morgan fingerprint density at radius 3 is 2.45 bits per heavy atom. The number of amides is 2. The lowest BCUT2D eigenvalue weighted by Gasteiger charge is -2.10. The minimum Gasteiger partial charge on any atom is -0.334 e. The van der Waals surface area contributed by atoms with Gasteiger partial charge < -0.3 is 10.6 Å². The van der Waals surface area contributed by atoms with Gasteiger partial charge in [-0.25, -0.2) is 9.18 Å². The summed E-state index contributed by atoms with van der Waals surface area (Å²) in [7, 11) is 0. The van der Waals surface area contributed by atoms with Gasteiger partial charge in [0.25, 0.3) is 0 Å². The Morgan fingerprint density at radius 1 is 1.10 bits per heavy atom. The van der Waals surface area contributed by atoms with Crippen LogP contribution in [0.15, 0.2) is 42.5 Å². The highest BCUT2D eigenvalue weighted by atomic mass is 19.1. The highest BCUT2D eigenvalue weighted by molar-refractivity contribution is 5.90. The van der Waals surface area contributed by atoms with Crippen LogP contribution in [0.1, 0.15) is 16.7 Å². The minimum atomic E-state index is -0.284. The van der Waals surface area contributed by atoms with Crippen LogP contribution in [0.3, 0.4) is 0 Å². The Hall–Kier alpha value is -2.36. The lowest BCUT2D eigenvalue weighted by Crippen LogP contribution is -2.28. The van der Waals surface area contributed by atoms with E-state index in [2.05, 4.69) is 10.6 Å². The van der Waals surface area contributed by atoms with Crippen molar-refractivity contribution in [2.75, 3.05) is 5.32 Å². The van der Waals surface area contributed by atoms with E-state index >= 15 is 0 Å². The van der Waals surface area contributed by atoms with Gasteiger partial charge in [0.15, 0.2) is 0 Å². The van der Waals surface area contributed by atoms with Crippen LogP contribution in [0, 0.1) is 19.7 Å². The third-order valence-corrected chi connectivity index (χ3v) is 3.00. The maximum Gasteiger partial charge on any atom is 0.319 e. The number of anilines is 1. The molecule has 4 heteroatoms. The summed E-state index contributed by atoms with van der Waals surface area (Å²) in [6, 6.07) is 11.6. The maximum atomic E-state index is 12.8. The first-order valence-electron chi connectivity index (χ1n) is 6.41. The fourth-order valence-corrected chi connectivity index (χ4v) is 1.90. The van der Waals surface area contributed by atoms with E-state index in [1.165, 1.54) is 12.1 Å². The van der Waals surface area contributed by atoms with Gasteiger partial charge in [0.05, 0.1) is 0 Å². The summed E-state index contributed by atoms with van der Waals surface area (Å²) < 4.78 is 12.8. The highest BCUT2D eigenvalue weighted by Crippen LogP contribution is 2.15. The predicted octanol–water partition coefficient (Wildman–Crippen LogP) is 3.76. The van der Waals surface area contributed by atoms with Crippen molar-refractivity contribution in [3.63, 3.8) is 0 Å². The molecule has 0 unspecified atom stereocenters. The van der Waals surface area contributed by atoms with Crippen LogP contribution in [0.4, 0.5) is 14.9 Å². The lowest BCUT2D eigenvalue weighted by atomic mass is 10.1. The number of halogens is 1. The van der Waals surface area contributed by atoms with Crippen molar-refractivity contribution < 1.29 is 9.18 Å². The second-order valence-electron chi connectivity index (χ2n) is 4.75. The number of carbonyl (C=O) groups excluding carboxylic acids is 1. The Kier molecular flexibility index (Phi) is 4.35. The van der Waals surface area contributed by atoms with Crippen molar-refractivity contribution >= 4 is 11.7 Å². The highest BCUT2D eigenvalue weighted by Gasteiger charge is 2.04. The van der Waals surface area contributed by atoms with E-state index in [0.717, 1.165) is 22.4 Å². The van der Waals surface area contributed by atoms with E-state index in [0.29, 0.717) is 6.54 Å². The lowest BCUT2D eigenvalue weighted by molar-refractivity contribution is 0.251. The first-order chi connectivity index (χ1) is 9.54. The predicted molar refractivity (Wildman–Crippen MR) is 78.2 cm³/mol. The van der Waals surface area contributed by atoms with E-state index in [1.54, 1.807) is 12.1 Å². The fourth-order valence-electron chi connectivity index (χ4n) is 1.90. The molecule has 2 rings (SSSR count). The summed E-state index contributed by atoms with van der Waals surface area (Å²) in [4.78, 5) is 11.8. The Labute approximate surface area is 117 Å². The van der Waals surface area contributed by atoms with Crippen LogP contribution in [0.2, 0.25) is 0 Å². The van der Waals surface area contributed by atoms with Crippen LogP contribution < -0.4 is 10.6 Å². The van der Waals surface area contributed by atoms with E-state index in [1.807, 2.05) is 32.0 Å². The zero-order chi connectivity index (χ0) is 14.5. The van der Waals surface area contributed by atoms with Gasteiger partial charge in [-0.05, 0) is 43.2 Å². The smallest absolute Gasteiger partial charge is 0.319 e. The molecule has 0 heterocycles. The molecule has 20 heavy (non-hydrogen) atoms. The molecule has 0 aliphatic carbocycles. The van der Waals surface area contributed by atoms with E-state index in [-0.39, 0.29) is 11.8 Å². The van der Waals surface area contributed by atoms with Gasteiger partial charge in [-0.1, -0.05) is 29.8 Å². The van der Waals surface area contributed by atoms with Crippen LogP contribution in [0.25, 0.3) is 0 Å². The molecule has 3 nitrogen and oxygen atoms in total. The molecule has 0 aliphatic rings. The van der Waals surface area contributed by atoms with E-state index in [9.17, 15) is 9.18 Å².